The lowest BCUT2D eigenvalue weighted by molar-refractivity contribution is 0.0948. The van der Waals surface area contributed by atoms with E-state index in [9.17, 15) is 4.79 Å². The number of nitrogens with one attached hydrogen (secondary N) is 2. The van der Waals surface area contributed by atoms with Crippen molar-refractivity contribution in [1.82, 2.24) is 15.5 Å². The van der Waals surface area contributed by atoms with E-state index in [-0.39, 0.29) is 11.9 Å². The Morgan fingerprint density at radius 2 is 2.14 bits per heavy atom. The molecule has 0 aliphatic heterocycles. The van der Waals surface area contributed by atoms with E-state index in [1.807, 2.05) is 36.4 Å². The van der Waals surface area contributed by atoms with Gasteiger partial charge in [-0.3, -0.25) is 9.89 Å². The van der Waals surface area contributed by atoms with Gasteiger partial charge in [0.1, 0.15) is 11.3 Å². The predicted molar refractivity (Wildman–Crippen MR) is 108 cm³/mol. The number of hydrogen-bond acceptors (Lipinski definition) is 4. The van der Waals surface area contributed by atoms with E-state index in [1.165, 1.54) is 0 Å². The van der Waals surface area contributed by atoms with Gasteiger partial charge in [-0.2, -0.15) is 5.10 Å². The number of H-pyrrole nitrogens is 1. The van der Waals surface area contributed by atoms with Gasteiger partial charge in [0.05, 0.1) is 35.5 Å². The Bertz CT molecular complexity index is 1210. The number of furan rings is 1. The normalized spacial score (nSPS) is 14.2. The molecule has 6 heteroatoms. The van der Waals surface area contributed by atoms with E-state index in [2.05, 4.69) is 21.6 Å². The molecule has 0 radical (unpaired) electrons. The maximum Gasteiger partial charge on any atom is 0.255 e. The molecule has 1 fully saturated rings. The molecule has 28 heavy (non-hydrogen) atoms. The second kappa shape index (κ2) is 6.56. The molecular weight excluding hydrogens is 354 g/mol. The number of methoxy groups -OCH3 is 1. The van der Waals surface area contributed by atoms with Crippen molar-refractivity contribution in [3.63, 3.8) is 0 Å². The lowest BCUT2D eigenvalue weighted by atomic mass is 10.1. The molecule has 1 saturated carbocycles. The molecule has 0 unspecified atom stereocenters. The highest BCUT2D eigenvalue weighted by atomic mass is 16.5. The number of carbonyl (C=O) groups is 1. The average Bonchev–Trinajstić information content (AvgIpc) is 3.24. The molecule has 0 saturated heterocycles. The summed E-state index contributed by atoms with van der Waals surface area (Å²) in [5.41, 5.74) is 3.97. The molecule has 1 aliphatic rings. The zero-order valence-corrected chi connectivity index (χ0v) is 15.4. The molecule has 0 spiro atoms. The zero-order valence-electron chi connectivity index (χ0n) is 15.4. The third-order valence-corrected chi connectivity index (χ3v) is 4.98. The maximum atomic E-state index is 12.6. The summed E-state index contributed by atoms with van der Waals surface area (Å²) in [7, 11) is 1.58. The van der Waals surface area contributed by atoms with Crippen LogP contribution in [0.1, 0.15) is 34.5 Å². The summed E-state index contributed by atoms with van der Waals surface area (Å²) < 4.78 is 11.0. The van der Waals surface area contributed by atoms with Crippen LogP contribution in [0.4, 0.5) is 0 Å². The monoisotopic (exact) mass is 373 g/mol. The fourth-order valence-electron chi connectivity index (χ4n) is 3.37. The van der Waals surface area contributed by atoms with E-state index in [0.717, 1.165) is 46.0 Å². The highest BCUT2D eigenvalue weighted by Crippen LogP contribution is 2.33. The molecule has 2 N–H and O–H groups in total. The number of nitrogens with zero attached hydrogens (tertiary/aromatic N) is 1. The smallest absolute Gasteiger partial charge is 0.255 e. The first-order valence-electron chi connectivity index (χ1n) is 9.24. The summed E-state index contributed by atoms with van der Waals surface area (Å²) in [5, 5.41) is 12.3. The molecule has 4 aromatic rings. The van der Waals surface area contributed by atoms with Crippen molar-refractivity contribution >= 4 is 39.9 Å². The number of fused-ring (bicyclic) bond motifs is 2. The van der Waals surface area contributed by atoms with Crippen molar-refractivity contribution in [3.8, 4) is 5.75 Å². The largest absolute Gasteiger partial charge is 0.495 e. The highest BCUT2D eigenvalue weighted by molar-refractivity contribution is 6.05. The fourth-order valence-corrected chi connectivity index (χ4v) is 3.37. The Kier molecular flexibility index (Phi) is 3.90. The van der Waals surface area contributed by atoms with Crippen LogP contribution >= 0.6 is 0 Å². The van der Waals surface area contributed by atoms with Crippen molar-refractivity contribution in [2.75, 3.05) is 7.11 Å². The van der Waals surface area contributed by atoms with Gasteiger partial charge in [0.25, 0.3) is 5.91 Å². The number of carbonyl (C=O) groups excluding carboxylic acids is 1. The van der Waals surface area contributed by atoms with E-state index in [1.54, 1.807) is 19.4 Å². The molecule has 0 atom stereocenters. The van der Waals surface area contributed by atoms with Crippen molar-refractivity contribution in [3.05, 3.63) is 59.5 Å². The first kappa shape index (κ1) is 16.6. The van der Waals surface area contributed by atoms with Gasteiger partial charge in [-0.15, -0.1) is 0 Å². The highest BCUT2D eigenvalue weighted by Gasteiger charge is 2.26. The predicted octanol–water partition coefficient (Wildman–Crippen LogP) is 4.38. The molecule has 2 aromatic heterocycles. The summed E-state index contributed by atoms with van der Waals surface area (Å²) in [6.07, 6.45) is 7.70. The van der Waals surface area contributed by atoms with Gasteiger partial charge < -0.3 is 14.5 Å². The van der Waals surface area contributed by atoms with Crippen LogP contribution in [-0.2, 0) is 0 Å². The molecule has 140 valence electrons. The first-order valence-corrected chi connectivity index (χ1v) is 9.24. The van der Waals surface area contributed by atoms with Crippen molar-refractivity contribution in [2.45, 2.75) is 18.9 Å². The summed E-state index contributed by atoms with van der Waals surface area (Å²) in [4.78, 5) is 12.6. The van der Waals surface area contributed by atoms with Gasteiger partial charge in [-0.1, -0.05) is 12.1 Å². The number of amides is 1. The van der Waals surface area contributed by atoms with E-state index in [0.29, 0.717) is 11.3 Å². The number of hydrogen-bond donors (Lipinski definition) is 2. The Hall–Kier alpha value is -3.54. The van der Waals surface area contributed by atoms with E-state index in [4.69, 9.17) is 9.15 Å². The number of ether oxygens (including phenoxy) is 1. The molecule has 1 amide bonds. The van der Waals surface area contributed by atoms with E-state index < -0.39 is 0 Å². The van der Waals surface area contributed by atoms with Gasteiger partial charge in [-0.25, -0.2) is 0 Å². The van der Waals surface area contributed by atoms with Crippen molar-refractivity contribution in [1.29, 1.82) is 0 Å². The van der Waals surface area contributed by atoms with Crippen LogP contribution in [0.25, 0.3) is 34.0 Å². The second-order valence-electron chi connectivity index (χ2n) is 6.98. The third kappa shape index (κ3) is 2.93. The molecule has 2 aromatic carbocycles. The van der Waals surface area contributed by atoms with Crippen LogP contribution in [0.15, 0.2) is 47.1 Å². The van der Waals surface area contributed by atoms with Crippen LogP contribution in [0.2, 0.25) is 0 Å². The number of benzene rings is 2. The first-order chi connectivity index (χ1) is 13.7. The van der Waals surface area contributed by atoms with Crippen molar-refractivity contribution < 1.29 is 13.9 Å². The summed E-state index contributed by atoms with van der Waals surface area (Å²) >= 11 is 0. The molecule has 6 nitrogen and oxygen atoms in total. The topological polar surface area (TPSA) is 80.1 Å². The van der Waals surface area contributed by atoms with Gasteiger partial charge >= 0.3 is 0 Å². The lowest BCUT2D eigenvalue weighted by Gasteiger charge is -2.10. The van der Waals surface area contributed by atoms with Crippen LogP contribution in [-0.4, -0.2) is 29.3 Å². The minimum Gasteiger partial charge on any atom is -0.495 e. The summed E-state index contributed by atoms with van der Waals surface area (Å²) in [6, 6.07) is 11.8. The van der Waals surface area contributed by atoms with Crippen LogP contribution < -0.4 is 10.1 Å². The minimum atomic E-state index is -0.109. The second-order valence-corrected chi connectivity index (χ2v) is 6.98. The van der Waals surface area contributed by atoms with E-state index >= 15 is 0 Å². The SMILES string of the molecule is COc1c(C(=O)NC2CC2)ccc2n[nH]c(/C=C/c3ccc4occc4c3)c12. The number of rotatable bonds is 5. The standard InChI is InChI=1S/C22H19N3O3/c1-27-21-16(22(26)23-15-4-5-15)6-8-18-20(21)17(24-25-18)7-2-13-3-9-19-14(12-13)10-11-28-19/h2-3,6-12,15H,4-5H2,1H3,(H,23,26)(H,24,25)/b7-2+. The molecular formula is C22H19N3O3. The Labute approximate surface area is 161 Å². The zero-order chi connectivity index (χ0) is 19.1. The van der Waals surface area contributed by atoms with Crippen molar-refractivity contribution in [2.24, 2.45) is 0 Å². The number of aromatic nitrogens is 2. The fraction of sp³-hybridized carbons (Fsp3) is 0.182. The summed E-state index contributed by atoms with van der Waals surface area (Å²) in [6.45, 7) is 0. The minimum absolute atomic E-state index is 0.109. The molecule has 5 rings (SSSR count). The summed E-state index contributed by atoms with van der Waals surface area (Å²) in [5.74, 6) is 0.428. The van der Waals surface area contributed by atoms with Crippen LogP contribution in [0.3, 0.4) is 0 Å². The quantitative estimate of drug-likeness (QED) is 0.544. The molecule has 0 bridgehead atoms. The van der Waals surface area contributed by atoms with Gasteiger partial charge in [-0.05, 0) is 54.8 Å². The molecule has 2 heterocycles. The average molecular weight is 373 g/mol. The number of aromatic amines is 1. The maximum absolute atomic E-state index is 12.6. The Morgan fingerprint density at radius 3 is 2.96 bits per heavy atom. The van der Waals surface area contributed by atoms with Gasteiger partial charge in [0.15, 0.2) is 0 Å². The Morgan fingerprint density at radius 1 is 1.25 bits per heavy atom. The Balaban J connectivity index is 1.54. The van der Waals surface area contributed by atoms with Gasteiger partial charge in [0, 0.05) is 11.4 Å². The molecule has 1 aliphatic carbocycles. The lowest BCUT2D eigenvalue weighted by Crippen LogP contribution is -2.25. The van der Waals surface area contributed by atoms with Gasteiger partial charge in [0.2, 0.25) is 0 Å². The van der Waals surface area contributed by atoms with Crippen LogP contribution in [0, 0.1) is 0 Å². The van der Waals surface area contributed by atoms with Crippen LogP contribution in [0.5, 0.6) is 5.75 Å². The third-order valence-electron chi connectivity index (χ3n) is 4.98.